The second-order valence-corrected chi connectivity index (χ2v) is 6.67. The lowest BCUT2D eigenvalue weighted by atomic mass is 10.1. The van der Waals surface area contributed by atoms with Crippen LogP contribution in [0.5, 0.6) is 5.75 Å². The summed E-state index contributed by atoms with van der Waals surface area (Å²) >= 11 is 0. The van der Waals surface area contributed by atoms with Gasteiger partial charge in [-0.15, -0.1) is 0 Å². The van der Waals surface area contributed by atoms with E-state index in [1.807, 2.05) is 44.2 Å². The number of hydrogen-bond donors (Lipinski definition) is 2. The van der Waals surface area contributed by atoms with Gasteiger partial charge in [0.25, 0.3) is 5.91 Å². The van der Waals surface area contributed by atoms with Crippen LogP contribution < -0.4 is 15.6 Å². The van der Waals surface area contributed by atoms with E-state index in [4.69, 9.17) is 4.74 Å². The van der Waals surface area contributed by atoms with E-state index in [-0.39, 0.29) is 5.91 Å². The summed E-state index contributed by atoms with van der Waals surface area (Å²) in [5.74, 6) is 0.0397. The maximum absolute atomic E-state index is 12.1. The Balaban J connectivity index is 1.76. The van der Waals surface area contributed by atoms with Gasteiger partial charge in [-0.25, -0.2) is 0 Å². The van der Waals surface area contributed by atoms with Gasteiger partial charge in [0.05, 0.1) is 0 Å². The molecule has 0 aliphatic rings. The highest BCUT2D eigenvalue weighted by Gasteiger charge is 2.16. The third-order valence-electron chi connectivity index (χ3n) is 4.62. The molecule has 2 rings (SSSR count). The number of aryl methyl sites for hydroxylation is 3. The number of hydrazine groups is 1. The molecule has 0 aliphatic heterocycles. The van der Waals surface area contributed by atoms with E-state index in [0.29, 0.717) is 18.6 Å². The van der Waals surface area contributed by atoms with Crippen molar-refractivity contribution < 1.29 is 14.3 Å². The topological polar surface area (TPSA) is 67.4 Å². The number of nitrogens with one attached hydrogen (secondary N) is 2. The predicted molar refractivity (Wildman–Crippen MR) is 106 cm³/mol. The molecule has 2 aromatic carbocycles. The number of rotatable bonds is 7. The van der Waals surface area contributed by atoms with Crippen molar-refractivity contribution in [1.82, 2.24) is 10.9 Å². The lowest BCUT2D eigenvalue weighted by Gasteiger charge is -2.17. The third kappa shape index (κ3) is 6.13. The summed E-state index contributed by atoms with van der Waals surface area (Å²) in [5.41, 5.74) is 9.34. The van der Waals surface area contributed by atoms with Crippen LogP contribution in [0.3, 0.4) is 0 Å². The van der Waals surface area contributed by atoms with Crippen molar-refractivity contribution in [3.8, 4) is 5.75 Å². The zero-order chi connectivity index (χ0) is 19.8. The molecule has 0 saturated heterocycles. The predicted octanol–water partition coefficient (Wildman–Crippen LogP) is 3.41. The molecule has 1 unspecified atom stereocenters. The van der Waals surface area contributed by atoms with Gasteiger partial charge in [-0.2, -0.15) is 0 Å². The van der Waals surface area contributed by atoms with Gasteiger partial charge in [0, 0.05) is 6.42 Å². The Bertz CT molecular complexity index is 785. The lowest BCUT2D eigenvalue weighted by Crippen LogP contribution is -2.47. The monoisotopic (exact) mass is 368 g/mol. The van der Waals surface area contributed by atoms with Crippen LogP contribution in [-0.2, 0) is 22.4 Å². The van der Waals surface area contributed by atoms with Gasteiger partial charge in [0.2, 0.25) is 5.91 Å². The minimum atomic E-state index is -0.715. The number of hydrogen-bond acceptors (Lipinski definition) is 3. The standard InChI is InChI=1S/C22H28N2O3/c1-5-18-9-11-19(12-10-18)13-14-21(25)23-24-22(26)17(4)27-20-8-6-7-15(2)16(20)3/h6-12,17H,5,13-14H2,1-4H3,(H,23,25)(H,24,26). The quantitative estimate of drug-likeness (QED) is 0.736. The second kappa shape index (κ2) is 9.76. The van der Waals surface area contributed by atoms with E-state index in [1.54, 1.807) is 6.92 Å². The van der Waals surface area contributed by atoms with E-state index >= 15 is 0 Å². The fourth-order valence-corrected chi connectivity index (χ4v) is 2.59. The summed E-state index contributed by atoms with van der Waals surface area (Å²) in [6.07, 6.45) is 1.21. The zero-order valence-electron chi connectivity index (χ0n) is 16.5. The molecule has 1 atom stereocenters. The molecule has 2 aromatic rings. The van der Waals surface area contributed by atoms with Gasteiger partial charge in [0.1, 0.15) is 5.75 Å². The summed E-state index contributed by atoms with van der Waals surface area (Å²) in [6.45, 7) is 7.70. The summed E-state index contributed by atoms with van der Waals surface area (Å²) in [7, 11) is 0. The zero-order valence-corrected chi connectivity index (χ0v) is 16.5. The number of benzene rings is 2. The van der Waals surface area contributed by atoms with Crippen LogP contribution in [-0.4, -0.2) is 17.9 Å². The number of carbonyl (C=O) groups excluding carboxylic acids is 2. The molecule has 0 fully saturated rings. The molecule has 0 spiro atoms. The van der Waals surface area contributed by atoms with Crippen LogP contribution in [0.15, 0.2) is 42.5 Å². The highest BCUT2D eigenvalue weighted by atomic mass is 16.5. The molecule has 0 aliphatic carbocycles. The molecule has 0 aromatic heterocycles. The normalized spacial score (nSPS) is 11.6. The van der Waals surface area contributed by atoms with Crippen LogP contribution in [0, 0.1) is 13.8 Å². The lowest BCUT2D eigenvalue weighted by molar-refractivity contribution is -0.132. The SMILES string of the molecule is CCc1ccc(CCC(=O)NNC(=O)C(C)Oc2cccc(C)c2C)cc1. The van der Waals surface area contributed by atoms with Crippen molar-refractivity contribution in [2.24, 2.45) is 0 Å². The molecule has 27 heavy (non-hydrogen) atoms. The van der Waals surface area contributed by atoms with E-state index < -0.39 is 12.0 Å². The van der Waals surface area contributed by atoms with Crippen molar-refractivity contribution in [3.05, 3.63) is 64.7 Å². The molecule has 0 saturated carbocycles. The summed E-state index contributed by atoms with van der Waals surface area (Å²) < 4.78 is 5.71. The van der Waals surface area contributed by atoms with Gasteiger partial charge in [-0.1, -0.05) is 43.3 Å². The van der Waals surface area contributed by atoms with Crippen molar-refractivity contribution >= 4 is 11.8 Å². The minimum Gasteiger partial charge on any atom is -0.481 e. The average molecular weight is 368 g/mol. The Morgan fingerprint density at radius 1 is 1.00 bits per heavy atom. The molecular weight excluding hydrogens is 340 g/mol. The largest absolute Gasteiger partial charge is 0.481 e. The summed E-state index contributed by atoms with van der Waals surface area (Å²) in [5, 5.41) is 0. The Kier molecular flexibility index (Phi) is 7.41. The molecule has 5 nitrogen and oxygen atoms in total. The molecule has 2 amide bonds. The van der Waals surface area contributed by atoms with Gasteiger partial charge in [-0.3, -0.25) is 20.4 Å². The Morgan fingerprint density at radius 2 is 1.67 bits per heavy atom. The van der Waals surface area contributed by atoms with E-state index in [9.17, 15) is 9.59 Å². The first-order valence-corrected chi connectivity index (χ1v) is 9.30. The first-order chi connectivity index (χ1) is 12.9. The first kappa shape index (κ1) is 20.5. The highest BCUT2D eigenvalue weighted by Crippen LogP contribution is 2.21. The van der Waals surface area contributed by atoms with E-state index in [0.717, 1.165) is 23.1 Å². The van der Waals surface area contributed by atoms with Crippen LogP contribution in [0.2, 0.25) is 0 Å². The first-order valence-electron chi connectivity index (χ1n) is 9.30. The van der Waals surface area contributed by atoms with Gasteiger partial charge < -0.3 is 4.74 Å². The van der Waals surface area contributed by atoms with Crippen molar-refractivity contribution in [2.45, 2.75) is 53.1 Å². The maximum atomic E-state index is 12.1. The molecule has 144 valence electrons. The summed E-state index contributed by atoms with van der Waals surface area (Å²) in [4.78, 5) is 24.1. The third-order valence-corrected chi connectivity index (χ3v) is 4.62. The molecular formula is C22H28N2O3. The Labute approximate surface area is 161 Å². The van der Waals surface area contributed by atoms with Gasteiger partial charge in [0.15, 0.2) is 6.10 Å². The Hall–Kier alpha value is -2.82. The van der Waals surface area contributed by atoms with E-state index in [1.165, 1.54) is 5.56 Å². The van der Waals surface area contributed by atoms with Crippen LogP contribution in [0.4, 0.5) is 0 Å². The smallest absolute Gasteiger partial charge is 0.279 e. The van der Waals surface area contributed by atoms with Crippen molar-refractivity contribution in [1.29, 1.82) is 0 Å². The Morgan fingerprint density at radius 3 is 2.33 bits per heavy atom. The number of carbonyl (C=O) groups is 2. The second-order valence-electron chi connectivity index (χ2n) is 6.67. The molecule has 0 bridgehead atoms. The maximum Gasteiger partial charge on any atom is 0.279 e. The van der Waals surface area contributed by atoms with Crippen molar-refractivity contribution in [3.63, 3.8) is 0 Å². The van der Waals surface area contributed by atoms with E-state index in [2.05, 4.69) is 29.9 Å². The average Bonchev–Trinajstić information content (AvgIpc) is 2.68. The van der Waals surface area contributed by atoms with Gasteiger partial charge >= 0.3 is 0 Å². The number of amides is 2. The fourth-order valence-electron chi connectivity index (χ4n) is 2.59. The molecule has 2 N–H and O–H groups in total. The molecule has 5 heteroatoms. The van der Waals surface area contributed by atoms with Crippen LogP contribution >= 0.6 is 0 Å². The summed E-state index contributed by atoms with van der Waals surface area (Å²) in [6, 6.07) is 13.9. The van der Waals surface area contributed by atoms with Gasteiger partial charge in [-0.05, 0) is 61.9 Å². The van der Waals surface area contributed by atoms with Crippen molar-refractivity contribution in [2.75, 3.05) is 0 Å². The fraction of sp³-hybridized carbons (Fsp3) is 0.364. The van der Waals surface area contributed by atoms with Crippen LogP contribution in [0.1, 0.15) is 42.5 Å². The highest BCUT2D eigenvalue weighted by molar-refractivity contribution is 5.84. The number of ether oxygens (including phenoxy) is 1. The van der Waals surface area contributed by atoms with Crippen LogP contribution in [0.25, 0.3) is 0 Å². The minimum absolute atomic E-state index is 0.234. The molecule has 0 heterocycles. The molecule has 0 radical (unpaired) electrons.